The Hall–Kier alpha value is -4.57. The predicted molar refractivity (Wildman–Crippen MR) is 206 cm³/mol. The van der Waals surface area contributed by atoms with Gasteiger partial charge in [0.1, 0.15) is 11.9 Å². The molecule has 6 N–H and O–H groups in total. The van der Waals surface area contributed by atoms with Gasteiger partial charge in [-0.15, -0.1) is 22.7 Å². The molecule has 1 fully saturated rings. The van der Waals surface area contributed by atoms with Crippen LogP contribution in [-0.2, 0) is 28.2 Å². The fourth-order valence-electron chi connectivity index (χ4n) is 7.35. The molecule has 0 unspecified atom stereocenters. The highest BCUT2D eigenvalue weighted by Crippen LogP contribution is 2.38. The number of thiophene rings is 2. The highest BCUT2D eigenvalue weighted by Gasteiger charge is 2.45. The van der Waals surface area contributed by atoms with Crippen LogP contribution in [-0.4, -0.2) is 73.0 Å². The van der Waals surface area contributed by atoms with Crippen molar-refractivity contribution in [3.63, 3.8) is 0 Å². The van der Waals surface area contributed by atoms with E-state index in [1.54, 1.807) is 28.8 Å². The number of pyridine rings is 1. The van der Waals surface area contributed by atoms with E-state index in [1.165, 1.54) is 34.8 Å². The van der Waals surface area contributed by atoms with Gasteiger partial charge >= 0.3 is 11.7 Å². The maximum absolute atomic E-state index is 13.4. The summed E-state index contributed by atoms with van der Waals surface area (Å²) in [6, 6.07) is 19.4. The summed E-state index contributed by atoms with van der Waals surface area (Å²) in [4.78, 5) is 47.1. The number of nitrogens with one attached hydrogen (secondary N) is 3. The molecular weight excluding hydrogens is 715 g/mol. The number of rotatable bonds is 14. The summed E-state index contributed by atoms with van der Waals surface area (Å²) in [7, 11) is 2.10. The van der Waals surface area contributed by atoms with E-state index >= 15 is 0 Å². The number of aromatic nitrogens is 3. The molecular formula is C39H43N5O7S2. The maximum Gasteiger partial charge on any atom is 0.349 e. The lowest BCUT2D eigenvalue weighted by atomic mass is 9.91. The van der Waals surface area contributed by atoms with Crippen molar-refractivity contribution in [3.8, 4) is 5.75 Å². The van der Waals surface area contributed by atoms with Crippen LogP contribution in [0.1, 0.15) is 59.1 Å². The largest absolute Gasteiger partial charge is 0.506 e. The van der Waals surface area contributed by atoms with Gasteiger partial charge in [0.2, 0.25) is 11.2 Å². The minimum atomic E-state index is -1.80. The molecule has 2 aromatic carbocycles. The quantitative estimate of drug-likeness (QED) is 0.0843. The number of hydrogen-bond acceptors (Lipinski definition) is 11. The lowest BCUT2D eigenvalue weighted by Crippen LogP contribution is -2.42. The number of benzene rings is 2. The number of aliphatic hydroxyl groups is 2. The molecule has 1 atom stereocenters. The molecule has 4 heterocycles. The molecule has 0 amide bonds. The third-order valence-corrected chi connectivity index (χ3v) is 12.2. The van der Waals surface area contributed by atoms with Crippen LogP contribution >= 0.6 is 22.7 Å². The van der Waals surface area contributed by atoms with Crippen LogP contribution in [0.25, 0.3) is 21.9 Å². The van der Waals surface area contributed by atoms with Gasteiger partial charge < -0.3 is 40.2 Å². The number of fused-ring (bicyclic) bond motifs is 2. The fourth-order valence-corrected chi connectivity index (χ4v) is 9.06. The van der Waals surface area contributed by atoms with Crippen LogP contribution in [0.15, 0.2) is 87.1 Å². The molecule has 1 aliphatic carbocycles. The zero-order valence-electron chi connectivity index (χ0n) is 29.3. The predicted octanol–water partition coefficient (Wildman–Crippen LogP) is 4.94. The van der Waals surface area contributed by atoms with Crippen molar-refractivity contribution in [3.05, 3.63) is 119 Å². The summed E-state index contributed by atoms with van der Waals surface area (Å²) in [6.45, 7) is 2.07. The van der Waals surface area contributed by atoms with Crippen molar-refractivity contribution in [2.75, 3.05) is 20.1 Å². The number of H-pyrrole nitrogens is 2. The van der Waals surface area contributed by atoms with Crippen LogP contribution in [0, 0.1) is 0 Å². The van der Waals surface area contributed by atoms with Crippen molar-refractivity contribution < 1.29 is 24.9 Å². The standard InChI is InChI=1S/C39H43N5O7S2/c1-43(25-8-10-26(11-9-25)51-37(48)39(50,33-5-2-19-52-33)34-6-3-20-53-34)17-4-18-44-30-14-7-24(21-29(30)41-38(44)49)22-40-23-32(46)27-12-15-31(45)36-28(27)13-16-35(47)42-36/h2-3,5-7,12-16,19-21,25-26,32,40,45-46,50H,4,8-11,17-18,22-23H2,1H3,(H,41,49)(H,42,47)/t25?,26?,32-/m1/s1. The van der Waals surface area contributed by atoms with E-state index in [9.17, 15) is 29.7 Å². The number of carbonyl (C=O) groups excluding carboxylic acids is 1. The summed E-state index contributed by atoms with van der Waals surface area (Å²) in [6.07, 6.45) is 2.85. The number of imidazole rings is 1. The van der Waals surface area contributed by atoms with Crippen molar-refractivity contribution in [1.29, 1.82) is 0 Å². The Balaban J connectivity index is 0.881. The minimum Gasteiger partial charge on any atom is -0.506 e. The second-order valence-electron chi connectivity index (χ2n) is 13.7. The molecule has 12 nitrogen and oxygen atoms in total. The van der Waals surface area contributed by atoms with Crippen molar-refractivity contribution in [2.24, 2.45) is 0 Å². The molecule has 4 aromatic heterocycles. The van der Waals surface area contributed by atoms with Gasteiger partial charge in [-0.3, -0.25) is 9.36 Å². The lowest BCUT2D eigenvalue weighted by molar-refractivity contribution is -0.169. The summed E-state index contributed by atoms with van der Waals surface area (Å²) in [5.41, 5.74) is 1.11. The molecule has 53 heavy (non-hydrogen) atoms. The molecule has 7 rings (SSSR count). The van der Waals surface area contributed by atoms with Gasteiger partial charge in [-0.2, -0.15) is 0 Å². The van der Waals surface area contributed by atoms with Gasteiger partial charge in [0.25, 0.3) is 0 Å². The number of aliphatic hydroxyl groups excluding tert-OH is 1. The lowest BCUT2D eigenvalue weighted by Gasteiger charge is -2.35. The number of phenolic OH excluding ortho intramolecular Hbond substituents is 1. The zero-order valence-corrected chi connectivity index (χ0v) is 30.9. The van der Waals surface area contributed by atoms with Crippen LogP contribution in [0.2, 0.25) is 0 Å². The number of aromatic hydroxyl groups is 1. The van der Waals surface area contributed by atoms with Crippen LogP contribution < -0.4 is 16.6 Å². The SMILES string of the molecule is CN(CCCn1c(=O)[nH]c2cc(CNC[C@@H](O)c3ccc(O)c4[nH]c(=O)ccc34)ccc21)C1CCC(OC(=O)C(O)(c2cccs2)c2cccs2)CC1. The highest BCUT2D eigenvalue weighted by atomic mass is 32.1. The summed E-state index contributed by atoms with van der Waals surface area (Å²) >= 11 is 2.68. The first-order valence-corrected chi connectivity index (χ1v) is 19.5. The van der Waals surface area contributed by atoms with E-state index in [4.69, 9.17) is 4.74 Å². The number of carbonyl (C=O) groups is 1. The normalized spacial score (nSPS) is 17.1. The van der Waals surface area contributed by atoms with Gasteiger partial charge in [-0.1, -0.05) is 24.3 Å². The Bertz CT molecular complexity index is 2250. The van der Waals surface area contributed by atoms with Gasteiger partial charge in [-0.25, -0.2) is 9.59 Å². The van der Waals surface area contributed by atoms with E-state index in [0.29, 0.717) is 39.8 Å². The van der Waals surface area contributed by atoms with Gasteiger partial charge in [-0.05, 0) is 104 Å². The molecule has 0 saturated heterocycles. The monoisotopic (exact) mass is 757 g/mol. The van der Waals surface area contributed by atoms with E-state index < -0.39 is 17.7 Å². The van der Waals surface area contributed by atoms with Crippen LogP contribution in [0.5, 0.6) is 5.75 Å². The molecule has 14 heteroatoms. The molecule has 1 aliphatic rings. The molecule has 0 bridgehead atoms. The summed E-state index contributed by atoms with van der Waals surface area (Å²) < 4.78 is 7.69. The van der Waals surface area contributed by atoms with Crippen molar-refractivity contribution in [2.45, 2.75) is 69.0 Å². The Morgan fingerprint density at radius 3 is 2.45 bits per heavy atom. The average Bonchev–Trinajstić information content (AvgIpc) is 3.95. The fraction of sp³-hybridized carbons (Fsp3) is 0.359. The molecule has 278 valence electrons. The highest BCUT2D eigenvalue weighted by molar-refractivity contribution is 7.12. The Labute approximate surface area is 313 Å². The van der Waals surface area contributed by atoms with E-state index in [0.717, 1.165) is 55.2 Å². The first-order chi connectivity index (χ1) is 25.6. The van der Waals surface area contributed by atoms with E-state index in [2.05, 4.69) is 27.2 Å². The third kappa shape index (κ3) is 7.74. The van der Waals surface area contributed by atoms with Crippen LogP contribution in [0.4, 0.5) is 0 Å². The number of hydrogen-bond donors (Lipinski definition) is 6. The van der Waals surface area contributed by atoms with Gasteiger partial charge in [0.15, 0.2) is 0 Å². The smallest absolute Gasteiger partial charge is 0.349 e. The van der Waals surface area contributed by atoms with E-state index in [-0.39, 0.29) is 35.2 Å². The molecule has 0 aliphatic heterocycles. The first-order valence-electron chi connectivity index (χ1n) is 17.8. The number of esters is 1. The molecule has 1 saturated carbocycles. The third-order valence-electron chi connectivity index (χ3n) is 10.3. The Morgan fingerprint density at radius 2 is 1.75 bits per heavy atom. The number of aryl methyl sites for hydroxylation is 1. The number of aromatic amines is 2. The van der Waals surface area contributed by atoms with Crippen LogP contribution in [0.3, 0.4) is 0 Å². The number of ether oxygens (including phenoxy) is 1. The van der Waals surface area contributed by atoms with Gasteiger partial charge in [0, 0.05) is 37.1 Å². The average molecular weight is 758 g/mol. The minimum absolute atomic E-state index is 0.0573. The number of phenols is 1. The Morgan fingerprint density at radius 1 is 1.02 bits per heavy atom. The molecule has 6 aromatic rings. The van der Waals surface area contributed by atoms with Crippen molar-refractivity contribution in [1.82, 2.24) is 24.8 Å². The van der Waals surface area contributed by atoms with Gasteiger partial charge in [0.05, 0.1) is 32.4 Å². The first kappa shape index (κ1) is 36.8. The molecule has 0 spiro atoms. The van der Waals surface area contributed by atoms with Crippen molar-refractivity contribution >= 4 is 50.6 Å². The maximum atomic E-state index is 13.4. The number of nitrogens with zero attached hydrogens (tertiary/aromatic N) is 2. The summed E-state index contributed by atoms with van der Waals surface area (Å²) in [5, 5.41) is 40.1. The molecule has 0 radical (unpaired) electrons. The zero-order chi connectivity index (χ0) is 37.1. The Kier molecular flexibility index (Phi) is 11.0. The van der Waals surface area contributed by atoms with E-state index in [1.807, 2.05) is 41.1 Å². The second kappa shape index (κ2) is 15.8. The summed E-state index contributed by atoms with van der Waals surface area (Å²) in [5.74, 6) is -0.677. The second-order valence-corrected chi connectivity index (χ2v) is 15.6. The topological polar surface area (TPSA) is 173 Å².